The van der Waals surface area contributed by atoms with Crippen molar-refractivity contribution in [3.63, 3.8) is 0 Å². The highest BCUT2D eigenvalue weighted by Crippen LogP contribution is 2.54. The lowest BCUT2D eigenvalue weighted by atomic mass is 10.1. The minimum atomic E-state index is -2.89. The molecule has 53 heavy (non-hydrogen) atoms. The zero-order valence-electron chi connectivity index (χ0n) is 31.1. The predicted octanol–water partition coefficient (Wildman–Crippen LogP) is 10.1. The van der Waals surface area contributed by atoms with Gasteiger partial charge in [0, 0.05) is 46.0 Å². The second-order valence-corrected chi connectivity index (χ2v) is 20.4. The van der Waals surface area contributed by atoms with Crippen molar-refractivity contribution in [2.75, 3.05) is 36.9 Å². The van der Waals surface area contributed by atoms with Gasteiger partial charge in [-0.15, -0.1) is 21.6 Å². The first-order valence-electron chi connectivity index (χ1n) is 17.5. The van der Waals surface area contributed by atoms with E-state index in [2.05, 4.69) is 55.1 Å². The molecule has 0 saturated carbocycles. The molecule has 2 atom stereocenters. The van der Waals surface area contributed by atoms with Gasteiger partial charge < -0.3 is 18.5 Å². The van der Waals surface area contributed by atoms with E-state index in [1.54, 1.807) is 29.2 Å². The summed E-state index contributed by atoms with van der Waals surface area (Å²) >= 11 is 1.46. The molecular formula is C41H49F2N3O4S3. The van der Waals surface area contributed by atoms with Crippen LogP contribution in [0.2, 0.25) is 0 Å². The van der Waals surface area contributed by atoms with E-state index >= 15 is 0 Å². The molecule has 0 saturated heterocycles. The Hall–Kier alpha value is -3.84. The summed E-state index contributed by atoms with van der Waals surface area (Å²) < 4.78 is 56.2. The maximum absolute atomic E-state index is 13.6. The molecule has 12 heteroatoms. The fourth-order valence-corrected chi connectivity index (χ4v) is 8.07. The van der Waals surface area contributed by atoms with Gasteiger partial charge in [-0.3, -0.25) is 4.79 Å². The van der Waals surface area contributed by atoms with Crippen molar-refractivity contribution in [3.05, 3.63) is 113 Å². The Morgan fingerprint density at radius 3 is 2.26 bits per heavy atom. The Bertz CT molecular complexity index is 1900. The van der Waals surface area contributed by atoms with Gasteiger partial charge in [0.05, 0.1) is 17.1 Å². The van der Waals surface area contributed by atoms with Crippen LogP contribution in [-0.2, 0) is 37.0 Å². The van der Waals surface area contributed by atoms with Gasteiger partial charge >= 0.3 is 0 Å². The quantitative estimate of drug-likeness (QED) is 0.108. The van der Waals surface area contributed by atoms with E-state index in [9.17, 15) is 17.8 Å². The van der Waals surface area contributed by atoms with Crippen molar-refractivity contribution in [1.29, 1.82) is 0 Å². The van der Waals surface area contributed by atoms with E-state index in [1.807, 2.05) is 47.9 Å². The van der Waals surface area contributed by atoms with Crippen LogP contribution < -0.4 is 4.72 Å². The molecule has 0 radical (unpaired) electrons. The zero-order valence-corrected chi connectivity index (χ0v) is 33.6. The highest BCUT2D eigenvalue weighted by Gasteiger charge is 2.32. The van der Waals surface area contributed by atoms with Gasteiger partial charge in [-0.25, -0.2) is 18.0 Å². The zero-order chi connectivity index (χ0) is 38.2. The molecule has 1 aliphatic carbocycles. The van der Waals surface area contributed by atoms with E-state index in [0.29, 0.717) is 42.4 Å². The van der Waals surface area contributed by atoms with Crippen LogP contribution in [0.15, 0.2) is 107 Å². The number of carbonyl (C=O) groups excluding carboxylic acids is 1. The first-order valence-corrected chi connectivity index (χ1v) is 21.9. The first-order chi connectivity index (χ1) is 25.1. The molecule has 284 valence electrons. The average Bonchev–Trinajstić information content (AvgIpc) is 3.63. The Balaban J connectivity index is 1.14. The van der Waals surface area contributed by atoms with Crippen LogP contribution in [0.1, 0.15) is 51.7 Å². The number of alkyl halides is 2. The van der Waals surface area contributed by atoms with Crippen molar-refractivity contribution in [1.82, 2.24) is 9.88 Å². The molecule has 3 aromatic carbocycles. The highest BCUT2D eigenvalue weighted by molar-refractivity contribution is 8.29. The number of carbonyl (C=O) groups is 1. The average molecular weight is 782 g/mol. The van der Waals surface area contributed by atoms with Gasteiger partial charge in [-0.2, -0.15) is 0 Å². The largest absolute Gasteiger partial charge is 0.491 e. The van der Waals surface area contributed by atoms with Crippen molar-refractivity contribution in [2.45, 2.75) is 68.6 Å². The third-order valence-electron chi connectivity index (χ3n) is 9.19. The summed E-state index contributed by atoms with van der Waals surface area (Å²) in [6, 6.07) is 21.2. The number of nitrogens with zero attached hydrogens (tertiary/aromatic N) is 2. The van der Waals surface area contributed by atoms with Crippen molar-refractivity contribution in [2.24, 2.45) is 0 Å². The fourth-order valence-electron chi connectivity index (χ4n) is 5.30. The maximum Gasteiger partial charge on any atom is 0.270 e. The molecule has 4 aromatic rings. The summed E-state index contributed by atoms with van der Waals surface area (Å²) in [5.41, 5.74) is 4.07. The molecule has 1 heterocycles. The minimum Gasteiger partial charge on any atom is -0.491 e. The number of halogens is 2. The van der Waals surface area contributed by atoms with E-state index in [1.165, 1.54) is 23.5 Å². The number of amides is 1. The smallest absolute Gasteiger partial charge is 0.270 e. The number of hydrogen-bond acceptors (Lipinski definition) is 6. The lowest BCUT2D eigenvalue weighted by molar-refractivity contribution is -0.119. The molecule has 0 bridgehead atoms. The lowest BCUT2D eigenvalue weighted by Gasteiger charge is -2.46. The minimum absolute atomic E-state index is 0.0339. The molecule has 0 fully saturated rings. The second-order valence-electron chi connectivity index (χ2n) is 14.4. The van der Waals surface area contributed by atoms with Crippen LogP contribution in [-0.4, -0.2) is 63.6 Å². The lowest BCUT2D eigenvalue weighted by Crippen LogP contribution is -2.39. The van der Waals surface area contributed by atoms with Gasteiger partial charge in [-0.05, 0) is 73.8 Å². The third-order valence-corrected chi connectivity index (χ3v) is 14.9. The number of anilines is 1. The number of hydrogen-bond donors (Lipinski definition) is 1. The van der Waals surface area contributed by atoms with Crippen molar-refractivity contribution >= 4 is 44.7 Å². The fraction of sp³-hybridized carbons (Fsp3) is 0.366. The number of aromatic nitrogens is 1. The molecule has 1 aliphatic rings. The van der Waals surface area contributed by atoms with Crippen LogP contribution in [0, 0.1) is 0 Å². The molecule has 0 aliphatic heterocycles. The second kappa shape index (κ2) is 17.5. The van der Waals surface area contributed by atoms with Crippen LogP contribution in [0.5, 0.6) is 0 Å². The number of rotatable bonds is 17. The molecular weight excluding hydrogens is 733 g/mol. The first kappa shape index (κ1) is 40.3. The number of nitrogens with one attached hydrogen (secondary N) is 1. The molecule has 5 rings (SSSR count). The SMILES string of the molecule is CC(F)(F)c1ccc(-c2csc(-c3ccc(S(=O)Nc4ccc(CCN(C=O)CC(COC5=CCCC=C5)OS(C)(C)C(C)(C)C)cc4)cc3)n2)cc1. The summed E-state index contributed by atoms with van der Waals surface area (Å²) in [5, 5.41) is 2.67. The monoisotopic (exact) mass is 781 g/mol. The Morgan fingerprint density at radius 1 is 0.981 bits per heavy atom. The van der Waals surface area contributed by atoms with E-state index in [4.69, 9.17) is 8.92 Å². The van der Waals surface area contributed by atoms with E-state index < -0.39 is 27.2 Å². The van der Waals surface area contributed by atoms with Crippen LogP contribution in [0.25, 0.3) is 21.8 Å². The van der Waals surface area contributed by atoms with Gasteiger partial charge in [0.2, 0.25) is 6.41 Å². The number of ether oxygens (including phenoxy) is 1. The van der Waals surface area contributed by atoms with Gasteiger partial charge in [0.25, 0.3) is 5.92 Å². The van der Waals surface area contributed by atoms with E-state index in [-0.39, 0.29) is 16.4 Å². The predicted molar refractivity (Wildman–Crippen MR) is 217 cm³/mol. The van der Waals surface area contributed by atoms with Crippen LogP contribution >= 0.6 is 21.6 Å². The Kier molecular flexibility index (Phi) is 13.3. The van der Waals surface area contributed by atoms with Gasteiger partial charge in [0.15, 0.2) is 0 Å². The molecule has 1 amide bonds. The number of thiazole rings is 1. The topological polar surface area (TPSA) is 80.8 Å². The van der Waals surface area contributed by atoms with Crippen molar-refractivity contribution in [3.8, 4) is 21.8 Å². The number of benzene rings is 3. The van der Waals surface area contributed by atoms with Crippen LogP contribution in [0.4, 0.5) is 14.5 Å². The highest BCUT2D eigenvalue weighted by atomic mass is 32.3. The maximum atomic E-state index is 13.6. The Labute approximate surface area is 320 Å². The van der Waals surface area contributed by atoms with E-state index in [0.717, 1.165) is 53.6 Å². The summed E-state index contributed by atoms with van der Waals surface area (Å²) in [7, 11) is -2.94. The molecule has 2 unspecified atom stereocenters. The van der Waals surface area contributed by atoms with Gasteiger partial charge in [-0.1, -0.05) is 75.4 Å². The summed E-state index contributed by atoms with van der Waals surface area (Å²) in [6.45, 7) is 8.72. The van der Waals surface area contributed by atoms with Crippen molar-refractivity contribution < 1.29 is 26.7 Å². The molecule has 1 aromatic heterocycles. The molecule has 1 N–H and O–H groups in total. The standard InChI is InChI=1S/C41H49F2N3O4S3/c1-40(2,3)53(5,6)50-36(27-49-35-10-8-7-9-11-35)26-46(29-47)25-24-30-12-20-34(21-13-30)45-52(48)37-22-16-32(17-23-37)39-44-38(28-51-39)31-14-18-33(19-15-31)41(4,42)43/h8,10-23,28-29,36,45H,7,9,24-27H2,1-6H3. The number of allylic oxidation sites excluding steroid dienone is 3. The summed E-state index contributed by atoms with van der Waals surface area (Å²) in [4.78, 5) is 19.2. The Morgan fingerprint density at radius 2 is 1.66 bits per heavy atom. The molecule has 0 spiro atoms. The van der Waals surface area contributed by atoms with Gasteiger partial charge in [0.1, 0.15) is 34.5 Å². The summed E-state index contributed by atoms with van der Waals surface area (Å²) in [6.07, 6.45) is 13.7. The molecule has 7 nitrogen and oxygen atoms in total. The normalized spacial score (nSPS) is 15.0. The van der Waals surface area contributed by atoms with Crippen LogP contribution in [0.3, 0.4) is 0 Å². The third kappa shape index (κ3) is 11.3. The summed E-state index contributed by atoms with van der Waals surface area (Å²) in [5.74, 6) is -2.04.